The number of carbonyl (C=O) groups excluding carboxylic acids is 1. The SMILES string of the molecule is COc1ccc2c(c1OC)C(=O)O[C@@H]2[C@H]1c2c(cc3c(c2OC)OCO3)CCN1Cc1cn(Cc2ccccc2)nn1. The Balaban J connectivity index is 1.31. The summed E-state index contributed by atoms with van der Waals surface area (Å²) in [5, 5.41) is 8.86. The molecule has 4 aromatic rings. The summed E-state index contributed by atoms with van der Waals surface area (Å²) in [6, 6.07) is 15.4. The van der Waals surface area contributed by atoms with Crippen molar-refractivity contribution in [3.63, 3.8) is 0 Å². The van der Waals surface area contributed by atoms with Gasteiger partial charge in [-0.25, -0.2) is 9.48 Å². The zero-order valence-electron chi connectivity index (χ0n) is 23.5. The van der Waals surface area contributed by atoms with Crippen LogP contribution in [0, 0.1) is 0 Å². The van der Waals surface area contributed by atoms with Crippen LogP contribution in [0.2, 0.25) is 0 Å². The lowest BCUT2D eigenvalue weighted by molar-refractivity contribution is 0.000234. The van der Waals surface area contributed by atoms with Crippen molar-refractivity contribution in [2.45, 2.75) is 31.7 Å². The molecule has 0 unspecified atom stereocenters. The van der Waals surface area contributed by atoms with E-state index >= 15 is 0 Å². The third-order valence-corrected chi connectivity index (χ3v) is 8.05. The minimum Gasteiger partial charge on any atom is -0.493 e. The molecule has 3 aliphatic heterocycles. The number of fused-ring (bicyclic) bond motifs is 3. The molecule has 42 heavy (non-hydrogen) atoms. The molecule has 0 N–H and O–H groups in total. The van der Waals surface area contributed by atoms with E-state index in [0.717, 1.165) is 28.8 Å². The van der Waals surface area contributed by atoms with Gasteiger partial charge in [-0.1, -0.05) is 41.6 Å². The highest BCUT2D eigenvalue weighted by Gasteiger charge is 2.47. The quantitative estimate of drug-likeness (QED) is 0.288. The van der Waals surface area contributed by atoms with E-state index in [1.807, 2.05) is 41.2 Å². The molecule has 0 amide bonds. The fourth-order valence-electron chi connectivity index (χ4n) is 6.25. The second-order valence-corrected chi connectivity index (χ2v) is 10.4. The van der Waals surface area contributed by atoms with Crippen molar-refractivity contribution in [1.82, 2.24) is 19.9 Å². The van der Waals surface area contributed by atoms with E-state index in [0.29, 0.717) is 59.5 Å². The van der Waals surface area contributed by atoms with Crippen LogP contribution < -0.4 is 23.7 Å². The number of hydrogen-bond donors (Lipinski definition) is 0. The van der Waals surface area contributed by atoms with Crippen molar-refractivity contribution >= 4 is 5.97 Å². The lowest BCUT2D eigenvalue weighted by Crippen LogP contribution is -2.38. The Hall–Kier alpha value is -4.77. The molecule has 3 aromatic carbocycles. The van der Waals surface area contributed by atoms with Gasteiger partial charge in [0.25, 0.3) is 0 Å². The van der Waals surface area contributed by atoms with Crippen LogP contribution in [-0.4, -0.2) is 60.5 Å². The molecule has 0 bridgehead atoms. The number of aromatic nitrogens is 3. The van der Waals surface area contributed by atoms with Gasteiger partial charge in [0.1, 0.15) is 11.7 Å². The predicted octanol–water partition coefficient (Wildman–Crippen LogP) is 4.09. The number of hydrogen-bond acceptors (Lipinski definition) is 10. The van der Waals surface area contributed by atoms with Crippen molar-refractivity contribution in [3.8, 4) is 28.7 Å². The lowest BCUT2D eigenvalue weighted by Gasteiger charge is -2.40. The van der Waals surface area contributed by atoms with Crippen LogP contribution in [0.15, 0.2) is 54.7 Å². The summed E-state index contributed by atoms with van der Waals surface area (Å²) in [4.78, 5) is 15.6. The summed E-state index contributed by atoms with van der Waals surface area (Å²) in [5.74, 6) is 2.13. The van der Waals surface area contributed by atoms with Crippen LogP contribution in [0.3, 0.4) is 0 Å². The largest absolute Gasteiger partial charge is 0.493 e. The van der Waals surface area contributed by atoms with Crippen molar-refractivity contribution in [2.75, 3.05) is 34.7 Å². The van der Waals surface area contributed by atoms with Crippen LogP contribution in [0.25, 0.3) is 0 Å². The maximum Gasteiger partial charge on any atom is 0.343 e. The highest BCUT2D eigenvalue weighted by Crippen LogP contribution is 2.55. The number of ether oxygens (including phenoxy) is 6. The number of esters is 1. The Morgan fingerprint density at radius 1 is 0.976 bits per heavy atom. The summed E-state index contributed by atoms with van der Waals surface area (Å²) in [7, 11) is 4.67. The molecule has 3 aliphatic rings. The molecule has 0 saturated heterocycles. The molecule has 2 atom stereocenters. The fraction of sp³-hybridized carbons (Fsp3) is 0.323. The Morgan fingerprint density at radius 2 is 1.81 bits per heavy atom. The summed E-state index contributed by atoms with van der Waals surface area (Å²) < 4.78 is 36.6. The highest BCUT2D eigenvalue weighted by atomic mass is 16.7. The molecule has 216 valence electrons. The molecule has 0 saturated carbocycles. The van der Waals surface area contributed by atoms with Crippen LogP contribution in [0.5, 0.6) is 28.7 Å². The first-order chi connectivity index (χ1) is 20.6. The first-order valence-corrected chi connectivity index (χ1v) is 13.7. The van der Waals surface area contributed by atoms with E-state index in [4.69, 9.17) is 28.4 Å². The monoisotopic (exact) mass is 570 g/mol. The zero-order valence-corrected chi connectivity index (χ0v) is 23.5. The summed E-state index contributed by atoms with van der Waals surface area (Å²) in [5.41, 5.74) is 4.96. The molecule has 0 spiro atoms. The Kier molecular flexibility index (Phi) is 6.58. The molecule has 0 radical (unpaired) electrons. The van der Waals surface area contributed by atoms with Gasteiger partial charge in [0.2, 0.25) is 12.5 Å². The summed E-state index contributed by atoms with van der Waals surface area (Å²) in [6.07, 6.45) is 2.04. The number of carbonyl (C=O) groups is 1. The molecule has 0 aliphatic carbocycles. The second-order valence-electron chi connectivity index (χ2n) is 10.4. The first-order valence-electron chi connectivity index (χ1n) is 13.7. The summed E-state index contributed by atoms with van der Waals surface area (Å²) in [6.45, 7) is 1.90. The predicted molar refractivity (Wildman–Crippen MR) is 149 cm³/mol. The van der Waals surface area contributed by atoms with Crippen molar-refractivity contribution in [3.05, 3.63) is 88.2 Å². The van der Waals surface area contributed by atoms with Crippen LogP contribution in [-0.2, 0) is 24.2 Å². The zero-order chi connectivity index (χ0) is 28.8. The third-order valence-electron chi connectivity index (χ3n) is 8.05. The molecule has 4 heterocycles. The third kappa shape index (κ3) is 4.28. The van der Waals surface area contributed by atoms with Gasteiger partial charge in [-0.3, -0.25) is 4.90 Å². The maximum atomic E-state index is 13.4. The van der Waals surface area contributed by atoms with E-state index in [2.05, 4.69) is 27.3 Å². The smallest absolute Gasteiger partial charge is 0.343 e. The average Bonchev–Trinajstić information content (AvgIpc) is 3.75. The number of rotatable bonds is 8. The molecule has 0 fully saturated rings. The van der Waals surface area contributed by atoms with Crippen molar-refractivity contribution in [1.29, 1.82) is 0 Å². The van der Waals surface area contributed by atoms with Crippen molar-refractivity contribution in [2.24, 2.45) is 0 Å². The van der Waals surface area contributed by atoms with E-state index in [-0.39, 0.29) is 6.79 Å². The summed E-state index contributed by atoms with van der Waals surface area (Å²) >= 11 is 0. The minimum atomic E-state index is -0.653. The Morgan fingerprint density at radius 3 is 2.60 bits per heavy atom. The van der Waals surface area contributed by atoms with Gasteiger partial charge in [0.05, 0.1) is 45.8 Å². The Bertz CT molecular complexity index is 1650. The lowest BCUT2D eigenvalue weighted by atomic mass is 9.85. The van der Waals surface area contributed by atoms with E-state index < -0.39 is 18.1 Å². The molecular formula is C31H30N4O7. The van der Waals surface area contributed by atoms with Crippen LogP contribution in [0.1, 0.15) is 50.5 Å². The number of benzene rings is 3. The van der Waals surface area contributed by atoms with Gasteiger partial charge in [-0.05, 0) is 29.7 Å². The fourth-order valence-corrected chi connectivity index (χ4v) is 6.25. The van der Waals surface area contributed by atoms with Gasteiger partial charge >= 0.3 is 5.97 Å². The normalized spacial score (nSPS) is 18.8. The van der Waals surface area contributed by atoms with Crippen molar-refractivity contribution < 1.29 is 33.2 Å². The number of nitrogens with zero attached hydrogens (tertiary/aromatic N) is 4. The van der Waals surface area contributed by atoms with E-state index in [1.54, 1.807) is 20.3 Å². The second kappa shape index (κ2) is 10.6. The van der Waals surface area contributed by atoms with E-state index in [1.165, 1.54) is 7.11 Å². The average molecular weight is 571 g/mol. The topological polar surface area (TPSA) is 106 Å². The van der Waals surface area contributed by atoms with Crippen LogP contribution >= 0.6 is 0 Å². The highest BCUT2D eigenvalue weighted by molar-refractivity contribution is 5.98. The molecule has 11 heteroatoms. The molecule has 1 aromatic heterocycles. The minimum absolute atomic E-state index is 0.117. The van der Waals surface area contributed by atoms with Gasteiger partial charge < -0.3 is 28.4 Å². The van der Waals surface area contributed by atoms with Gasteiger partial charge in [0.15, 0.2) is 23.0 Å². The van der Waals surface area contributed by atoms with Gasteiger partial charge in [-0.15, -0.1) is 5.10 Å². The van der Waals surface area contributed by atoms with Gasteiger partial charge in [0, 0.05) is 24.2 Å². The first kappa shape index (κ1) is 26.1. The standard InChI is InChI=1S/C31H30N4O7/c1-37-22-10-9-21-25(28(22)38-2)31(36)42-27(21)26-24-19(13-23-29(30(24)39-3)41-17-40-23)11-12-34(26)15-20-16-35(33-32-20)14-18-7-5-4-6-8-18/h4-10,13,16,26-27H,11-12,14-15,17H2,1-3H3/t26-,27+/m1/s1. The molecule has 7 rings (SSSR count). The van der Waals surface area contributed by atoms with Crippen LogP contribution in [0.4, 0.5) is 0 Å². The maximum absolute atomic E-state index is 13.4. The number of methoxy groups -OCH3 is 3. The van der Waals surface area contributed by atoms with E-state index in [9.17, 15) is 4.79 Å². The number of cyclic esters (lactones) is 1. The Labute approximate surface area is 242 Å². The van der Waals surface area contributed by atoms with Gasteiger partial charge in [-0.2, -0.15) is 0 Å². The molecule has 11 nitrogen and oxygen atoms in total. The molecular weight excluding hydrogens is 540 g/mol.